The van der Waals surface area contributed by atoms with E-state index in [4.69, 9.17) is 19.6 Å². The number of aliphatic hydroxyl groups is 1. The molecule has 1 aromatic carbocycles. The highest BCUT2D eigenvalue weighted by atomic mass is 31.2. The normalized spacial score (nSPS) is 13.4. The van der Waals surface area contributed by atoms with Crippen LogP contribution < -0.4 is 5.32 Å². The molecule has 9 nitrogen and oxygen atoms in total. The maximum Gasteiger partial charge on any atom is 0.390 e. The maximum absolute atomic E-state index is 11.3. The van der Waals surface area contributed by atoms with Gasteiger partial charge in [0.2, 0.25) is 0 Å². The second-order valence-electron chi connectivity index (χ2n) is 4.23. The molecule has 0 unspecified atom stereocenters. The Balaban J connectivity index is 2.61. The summed E-state index contributed by atoms with van der Waals surface area (Å²) in [5.74, 6) is -0.262. The van der Waals surface area contributed by atoms with Gasteiger partial charge in [-0.2, -0.15) is 0 Å². The van der Waals surface area contributed by atoms with Crippen molar-refractivity contribution in [2.45, 2.75) is 5.21 Å². The Bertz CT molecular complexity index is 742. The topological polar surface area (TPSA) is 160 Å². The van der Waals surface area contributed by atoms with Crippen LogP contribution in [0, 0.1) is 0 Å². The molecule has 11 heteroatoms. The van der Waals surface area contributed by atoms with E-state index in [-0.39, 0.29) is 5.82 Å². The molecule has 0 amide bonds. The van der Waals surface area contributed by atoms with Crippen LogP contribution in [0.15, 0.2) is 36.5 Å². The monoisotopic (exact) mass is 334 g/mol. The van der Waals surface area contributed by atoms with Crippen molar-refractivity contribution in [2.75, 3.05) is 5.32 Å². The van der Waals surface area contributed by atoms with Crippen molar-refractivity contribution in [1.82, 2.24) is 4.98 Å². The van der Waals surface area contributed by atoms with Crippen LogP contribution in [0.2, 0.25) is 0 Å². The van der Waals surface area contributed by atoms with Gasteiger partial charge in [0, 0.05) is 11.6 Å². The number of nitrogens with zero attached hydrogens (tertiary/aromatic N) is 1. The van der Waals surface area contributed by atoms with E-state index in [0.717, 1.165) is 0 Å². The molecule has 0 aliphatic heterocycles. The van der Waals surface area contributed by atoms with E-state index >= 15 is 0 Å². The number of benzene rings is 1. The predicted octanol–water partition coefficient (Wildman–Crippen LogP) is 0.606. The summed E-state index contributed by atoms with van der Waals surface area (Å²) in [4.78, 5) is 40.1. The number of aromatic nitrogens is 1. The van der Waals surface area contributed by atoms with Gasteiger partial charge in [-0.3, -0.25) is 9.13 Å². The lowest BCUT2D eigenvalue weighted by molar-refractivity contribution is 0.152. The average Bonchev–Trinajstić information content (AvgIpc) is 2.36. The van der Waals surface area contributed by atoms with E-state index in [0.29, 0.717) is 10.8 Å². The van der Waals surface area contributed by atoms with Crippen molar-refractivity contribution < 1.29 is 33.8 Å². The molecule has 1 heterocycles. The Labute approximate surface area is 118 Å². The fourth-order valence-corrected chi connectivity index (χ4v) is 3.55. The smallest absolute Gasteiger partial charge is 0.352 e. The van der Waals surface area contributed by atoms with Gasteiger partial charge in [0.25, 0.3) is 0 Å². The molecule has 0 aliphatic carbocycles. The van der Waals surface area contributed by atoms with Crippen molar-refractivity contribution in [3.63, 3.8) is 0 Å². The Morgan fingerprint density at radius 2 is 1.57 bits per heavy atom. The number of hydrogen-bond acceptors (Lipinski definition) is 5. The molecule has 0 saturated carbocycles. The Morgan fingerprint density at radius 1 is 1.00 bits per heavy atom. The predicted molar refractivity (Wildman–Crippen MR) is 74.4 cm³/mol. The zero-order chi connectivity index (χ0) is 15.9. The third-order valence-corrected chi connectivity index (χ3v) is 6.18. The molecule has 2 rings (SSSR count). The van der Waals surface area contributed by atoms with Crippen LogP contribution in [-0.4, -0.2) is 34.9 Å². The first-order chi connectivity index (χ1) is 9.56. The molecule has 0 radical (unpaired) electrons. The van der Waals surface area contributed by atoms with Gasteiger partial charge >= 0.3 is 20.4 Å². The molecule has 0 bridgehead atoms. The molecule has 0 saturated heterocycles. The summed E-state index contributed by atoms with van der Waals surface area (Å²) in [6, 6.07) is 8.07. The Morgan fingerprint density at radius 3 is 2.14 bits per heavy atom. The van der Waals surface area contributed by atoms with Gasteiger partial charge < -0.3 is 30.0 Å². The molecule has 21 heavy (non-hydrogen) atoms. The van der Waals surface area contributed by atoms with Crippen molar-refractivity contribution in [3.8, 4) is 0 Å². The number of anilines is 1. The van der Waals surface area contributed by atoms with Gasteiger partial charge in [-0.05, 0) is 11.5 Å². The van der Waals surface area contributed by atoms with Crippen LogP contribution in [-0.2, 0) is 9.13 Å². The first-order valence-electron chi connectivity index (χ1n) is 5.52. The van der Waals surface area contributed by atoms with Crippen LogP contribution in [0.25, 0.3) is 10.8 Å². The van der Waals surface area contributed by atoms with Crippen LogP contribution in [0.1, 0.15) is 0 Å². The lowest BCUT2D eigenvalue weighted by atomic mass is 10.1. The van der Waals surface area contributed by atoms with Gasteiger partial charge in [-0.15, -0.1) is 0 Å². The minimum absolute atomic E-state index is 0.262. The molecule has 0 spiro atoms. The van der Waals surface area contributed by atoms with Crippen molar-refractivity contribution >= 4 is 31.8 Å². The highest BCUT2D eigenvalue weighted by molar-refractivity contribution is 7.72. The van der Waals surface area contributed by atoms with E-state index < -0.39 is 20.4 Å². The zero-order valence-electron chi connectivity index (χ0n) is 10.4. The van der Waals surface area contributed by atoms with Crippen LogP contribution in [0.3, 0.4) is 0 Å². The summed E-state index contributed by atoms with van der Waals surface area (Å²) in [5.41, 5.74) is 0. The summed E-state index contributed by atoms with van der Waals surface area (Å²) < 4.78 is 22.6. The molecule has 0 aliphatic rings. The van der Waals surface area contributed by atoms with E-state index in [9.17, 15) is 14.2 Å². The highest BCUT2D eigenvalue weighted by Crippen LogP contribution is 2.67. The third kappa shape index (κ3) is 2.86. The summed E-state index contributed by atoms with van der Waals surface area (Å²) >= 11 is 0. The van der Waals surface area contributed by atoms with Gasteiger partial charge in [0.15, 0.2) is 0 Å². The van der Waals surface area contributed by atoms with E-state index in [2.05, 4.69) is 4.98 Å². The largest absolute Gasteiger partial charge is 0.390 e. The molecule has 114 valence electrons. The number of fused-ring (bicyclic) bond motifs is 1. The molecule has 0 atom stereocenters. The van der Waals surface area contributed by atoms with Crippen molar-refractivity contribution in [1.29, 1.82) is 0 Å². The number of nitrogens with one attached hydrogen (secondary N) is 1. The minimum atomic E-state index is -5.61. The fraction of sp³-hybridized carbons (Fsp3) is 0.100. The lowest BCUT2D eigenvalue weighted by Gasteiger charge is -2.30. The van der Waals surface area contributed by atoms with E-state index in [1.165, 1.54) is 12.3 Å². The minimum Gasteiger partial charge on any atom is -0.352 e. The Kier molecular flexibility index (Phi) is 3.94. The van der Waals surface area contributed by atoms with Crippen LogP contribution >= 0.6 is 15.2 Å². The van der Waals surface area contributed by atoms with Gasteiger partial charge in [-0.25, -0.2) is 4.98 Å². The Hall–Kier alpha value is -1.31. The van der Waals surface area contributed by atoms with Gasteiger partial charge in [0.05, 0.1) is 0 Å². The molecule has 0 fully saturated rings. The van der Waals surface area contributed by atoms with Gasteiger partial charge in [-0.1, -0.05) is 24.3 Å². The SMILES string of the molecule is O=P(O)(O)C(O)(Nc1nccc2ccccc12)P(=O)(O)O. The summed E-state index contributed by atoms with van der Waals surface area (Å²) in [7, 11) is -11.2. The summed E-state index contributed by atoms with van der Waals surface area (Å²) in [6.45, 7) is 0. The standard InChI is InChI=1S/C10H12N2O7P2/c13-10(20(14,15)16,21(17,18)19)12-9-8-4-2-1-3-7(8)5-6-11-9/h1-6,13H,(H,11,12)(H2,14,15,16)(H2,17,18,19). The molecule has 1 aromatic heterocycles. The van der Waals surface area contributed by atoms with E-state index in [1.807, 2.05) is 0 Å². The first kappa shape index (κ1) is 16.1. The molecule has 6 N–H and O–H groups in total. The van der Waals surface area contributed by atoms with Crippen LogP contribution in [0.5, 0.6) is 0 Å². The van der Waals surface area contributed by atoms with Gasteiger partial charge in [0.1, 0.15) is 5.82 Å². The average molecular weight is 334 g/mol. The second-order valence-corrected chi connectivity index (χ2v) is 8.05. The van der Waals surface area contributed by atoms with Crippen molar-refractivity contribution in [2.24, 2.45) is 0 Å². The number of pyridine rings is 1. The lowest BCUT2D eigenvalue weighted by Crippen LogP contribution is -2.38. The number of hydrogen-bond donors (Lipinski definition) is 6. The van der Waals surface area contributed by atoms with E-state index in [1.54, 1.807) is 29.6 Å². The molecular formula is C10H12N2O7P2. The first-order valence-corrected chi connectivity index (χ1v) is 8.74. The second kappa shape index (κ2) is 5.15. The summed E-state index contributed by atoms with van der Waals surface area (Å²) in [6.07, 6.45) is 1.27. The summed E-state index contributed by atoms with van der Waals surface area (Å²) in [5, 5.41) is 8.80. The fourth-order valence-electron chi connectivity index (χ4n) is 1.69. The third-order valence-electron chi connectivity index (χ3n) is 2.77. The van der Waals surface area contributed by atoms with Crippen molar-refractivity contribution in [3.05, 3.63) is 36.5 Å². The molecular weight excluding hydrogens is 322 g/mol. The zero-order valence-corrected chi connectivity index (χ0v) is 12.1. The number of rotatable bonds is 4. The maximum atomic E-state index is 11.3. The quantitative estimate of drug-likeness (QED) is 0.347. The van der Waals surface area contributed by atoms with Crippen LogP contribution in [0.4, 0.5) is 5.82 Å². The highest BCUT2D eigenvalue weighted by Gasteiger charge is 2.60. The molecule has 2 aromatic rings.